The summed E-state index contributed by atoms with van der Waals surface area (Å²) in [7, 11) is 3.90. The SMILES string of the molecule is CN(C)c1ccccc1C(=O)N1CCC(CO)CC1. The number of anilines is 1. The van der Waals surface area contributed by atoms with Crippen molar-refractivity contribution in [2.24, 2.45) is 5.92 Å². The van der Waals surface area contributed by atoms with Crippen LogP contribution in [-0.2, 0) is 0 Å². The Morgan fingerprint density at radius 2 is 1.95 bits per heavy atom. The van der Waals surface area contributed by atoms with Crippen molar-refractivity contribution in [2.75, 3.05) is 38.7 Å². The van der Waals surface area contributed by atoms with E-state index in [9.17, 15) is 4.79 Å². The van der Waals surface area contributed by atoms with Crippen molar-refractivity contribution in [3.63, 3.8) is 0 Å². The molecule has 1 N–H and O–H groups in total. The minimum Gasteiger partial charge on any atom is -0.396 e. The maximum Gasteiger partial charge on any atom is 0.255 e. The number of aliphatic hydroxyl groups excluding tert-OH is 1. The molecule has 1 aliphatic rings. The molecule has 1 heterocycles. The highest BCUT2D eigenvalue weighted by Gasteiger charge is 2.24. The van der Waals surface area contributed by atoms with Crippen LogP contribution in [0.5, 0.6) is 0 Å². The molecule has 1 fully saturated rings. The molecule has 0 bridgehead atoms. The first-order chi connectivity index (χ1) is 9.13. The number of hydrogen-bond donors (Lipinski definition) is 1. The minimum atomic E-state index is 0.0979. The van der Waals surface area contributed by atoms with Crippen molar-refractivity contribution in [2.45, 2.75) is 12.8 Å². The van der Waals surface area contributed by atoms with Crippen LogP contribution < -0.4 is 4.90 Å². The summed E-state index contributed by atoms with van der Waals surface area (Å²) in [6.07, 6.45) is 1.79. The molecule has 2 rings (SSSR count). The summed E-state index contributed by atoms with van der Waals surface area (Å²) in [4.78, 5) is 16.4. The van der Waals surface area contributed by atoms with Crippen LogP contribution in [0.1, 0.15) is 23.2 Å². The Hall–Kier alpha value is -1.55. The van der Waals surface area contributed by atoms with Crippen molar-refractivity contribution in [1.29, 1.82) is 0 Å². The van der Waals surface area contributed by atoms with E-state index in [1.807, 2.05) is 48.2 Å². The lowest BCUT2D eigenvalue weighted by Crippen LogP contribution is -2.39. The van der Waals surface area contributed by atoms with Crippen LogP contribution in [0.15, 0.2) is 24.3 Å². The number of carbonyl (C=O) groups is 1. The van der Waals surface area contributed by atoms with Gasteiger partial charge in [-0.1, -0.05) is 12.1 Å². The second kappa shape index (κ2) is 6.06. The molecule has 104 valence electrons. The molecular weight excluding hydrogens is 240 g/mol. The fourth-order valence-corrected chi connectivity index (χ4v) is 2.53. The summed E-state index contributed by atoms with van der Waals surface area (Å²) in [5, 5.41) is 9.14. The number of para-hydroxylation sites is 1. The first kappa shape index (κ1) is 13.9. The first-order valence-corrected chi connectivity index (χ1v) is 6.80. The number of carbonyl (C=O) groups excluding carboxylic acids is 1. The number of likely N-dealkylation sites (tertiary alicyclic amines) is 1. The van der Waals surface area contributed by atoms with Gasteiger partial charge in [-0.05, 0) is 30.9 Å². The largest absolute Gasteiger partial charge is 0.396 e. The monoisotopic (exact) mass is 262 g/mol. The van der Waals surface area contributed by atoms with E-state index in [0.717, 1.165) is 37.2 Å². The van der Waals surface area contributed by atoms with Gasteiger partial charge < -0.3 is 14.9 Å². The molecule has 0 aliphatic carbocycles. The molecule has 0 unspecified atom stereocenters. The van der Waals surface area contributed by atoms with E-state index in [1.54, 1.807) is 0 Å². The quantitative estimate of drug-likeness (QED) is 0.900. The highest BCUT2D eigenvalue weighted by Crippen LogP contribution is 2.23. The predicted molar refractivity (Wildman–Crippen MR) is 76.5 cm³/mol. The van der Waals surface area contributed by atoms with Crippen molar-refractivity contribution >= 4 is 11.6 Å². The lowest BCUT2D eigenvalue weighted by Gasteiger charge is -2.32. The Morgan fingerprint density at radius 3 is 2.53 bits per heavy atom. The molecule has 0 saturated carbocycles. The molecule has 1 aromatic rings. The van der Waals surface area contributed by atoms with Crippen molar-refractivity contribution in [1.82, 2.24) is 4.90 Å². The Morgan fingerprint density at radius 1 is 1.32 bits per heavy atom. The van der Waals surface area contributed by atoms with E-state index in [0.29, 0.717) is 5.92 Å². The molecule has 1 amide bonds. The first-order valence-electron chi connectivity index (χ1n) is 6.80. The van der Waals surface area contributed by atoms with Gasteiger partial charge in [-0.3, -0.25) is 4.79 Å². The van der Waals surface area contributed by atoms with Crippen molar-refractivity contribution in [3.05, 3.63) is 29.8 Å². The topological polar surface area (TPSA) is 43.8 Å². The smallest absolute Gasteiger partial charge is 0.255 e. The van der Waals surface area contributed by atoms with Crippen LogP contribution in [0, 0.1) is 5.92 Å². The van der Waals surface area contributed by atoms with Gasteiger partial charge in [0.15, 0.2) is 0 Å². The highest BCUT2D eigenvalue weighted by molar-refractivity contribution is 5.99. The van der Waals surface area contributed by atoms with Crippen molar-refractivity contribution < 1.29 is 9.90 Å². The molecular formula is C15H22N2O2. The average molecular weight is 262 g/mol. The summed E-state index contributed by atoms with van der Waals surface area (Å²) in [6, 6.07) is 7.70. The van der Waals surface area contributed by atoms with E-state index in [-0.39, 0.29) is 12.5 Å². The minimum absolute atomic E-state index is 0.0979. The third kappa shape index (κ3) is 3.07. The van der Waals surface area contributed by atoms with E-state index in [4.69, 9.17) is 5.11 Å². The number of nitrogens with zero attached hydrogens (tertiary/aromatic N) is 2. The second-order valence-corrected chi connectivity index (χ2v) is 5.33. The Balaban J connectivity index is 2.12. The van der Waals surface area contributed by atoms with E-state index >= 15 is 0 Å². The molecule has 0 radical (unpaired) electrons. The van der Waals surface area contributed by atoms with Crippen LogP contribution >= 0.6 is 0 Å². The summed E-state index contributed by atoms with van der Waals surface area (Å²) in [5.41, 5.74) is 1.71. The summed E-state index contributed by atoms with van der Waals surface area (Å²) >= 11 is 0. The van der Waals surface area contributed by atoms with E-state index in [2.05, 4.69) is 0 Å². The van der Waals surface area contributed by atoms with Gasteiger partial charge in [0.1, 0.15) is 0 Å². The van der Waals surface area contributed by atoms with Gasteiger partial charge in [0.2, 0.25) is 0 Å². The second-order valence-electron chi connectivity index (χ2n) is 5.33. The van der Waals surface area contributed by atoms with Gasteiger partial charge in [-0.25, -0.2) is 0 Å². The molecule has 4 nitrogen and oxygen atoms in total. The fraction of sp³-hybridized carbons (Fsp3) is 0.533. The normalized spacial score (nSPS) is 16.5. The molecule has 19 heavy (non-hydrogen) atoms. The molecule has 0 spiro atoms. The van der Waals surface area contributed by atoms with E-state index in [1.165, 1.54) is 0 Å². The van der Waals surface area contributed by atoms with Gasteiger partial charge in [-0.15, -0.1) is 0 Å². The number of piperidine rings is 1. The van der Waals surface area contributed by atoms with E-state index < -0.39 is 0 Å². The predicted octanol–water partition coefficient (Wildman–Crippen LogP) is 1.60. The third-order valence-corrected chi connectivity index (χ3v) is 3.78. The maximum absolute atomic E-state index is 12.6. The molecule has 0 aromatic heterocycles. The fourth-order valence-electron chi connectivity index (χ4n) is 2.53. The average Bonchev–Trinajstić information content (AvgIpc) is 2.46. The van der Waals surface area contributed by atoms with Crippen LogP contribution in [0.25, 0.3) is 0 Å². The van der Waals surface area contributed by atoms with Crippen molar-refractivity contribution in [3.8, 4) is 0 Å². The van der Waals surface area contributed by atoms with Crippen LogP contribution in [0.3, 0.4) is 0 Å². The lowest BCUT2D eigenvalue weighted by atomic mass is 9.97. The number of amides is 1. The molecule has 1 aromatic carbocycles. The Bertz CT molecular complexity index is 438. The molecule has 1 saturated heterocycles. The summed E-state index contributed by atoms with van der Waals surface area (Å²) < 4.78 is 0. The third-order valence-electron chi connectivity index (χ3n) is 3.78. The van der Waals surface area contributed by atoms with Gasteiger partial charge in [0.25, 0.3) is 5.91 Å². The number of aliphatic hydroxyl groups is 1. The molecule has 0 atom stereocenters. The lowest BCUT2D eigenvalue weighted by molar-refractivity contribution is 0.0651. The standard InChI is InChI=1S/C15H22N2O2/c1-16(2)14-6-4-3-5-13(14)15(19)17-9-7-12(11-18)8-10-17/h3-6,12,18H,7-11H2,1-2H3. The zero-order valence-electron chi connectivity index (χ0n) is 11.7. The summed E-state index contributed by atoms with van der Waals surface area (Å²) in [6.45, 7) is 1.72. The Labute approximate surface area is 114 Å². The highest BCUT2D eigenvalue weighted by atomic mass is 16.3. The van der Waals surface area contributed by atoms with Crippen LogP contribution in [-0.4, -0.2) is 49.7 Å². The Kier molecular flexibility index (Phi) is 4.43. The zero-order valence-corrected chi connectivity index (χ0v) is 11.7. The molecule has 4 heteroatoms. The van der Waals surface area contributed by atoms with Gasteiger partial charge >= 0.3 is 0 Å². The maximum atomic E-state index is 12.6. The van der Waals surface area contributed by atoms with Crippen LogP contribution in [0.2, 0.25) is 0 Å². The zero-order chi connectivity index (χ0) is 13.8. The van der Waals surface area contributed by atoms with Crippen LogP contribution in [0.4, 0.5) is 5.69 Å². The van der Waals surface area contributed by atoms with Gasteiger partial charge in [-0.2, -0.15) is 0 Å². The molecule has 1 aliphatic heterocycles. The summed E-state index contributed by atoms with van der Waals surface area (Å²) in [5.74, 6) is 0.453. The number of hydrogen-bond acceptors (Lipinski definition) is 3. The number of rotatable bonds is 3. The van der Waals surface area contributed by atoms with Gasteiger partial charge in [0.05, 0.1) is 5.56 Å². The van der Waals surface area contributed by atoms with Gasteiger partial charge in [0, 0.05) is 39.5 Å². The number of benzene rings is 1.